The number of rotatable bonds is 6. The molecule has 0 spiro atoms. The van der Waals surface area contributed by atoms with Crippen LogP contribution in [0.4, 0.5) is 0 Å². The monoisotopic (exact) mass is 501 g/mol. The van der Waals surface area contributed by atoms with E-state index in [0.29, 0.717) is 35.5 Å². The number of allylic oxidation sites excluding steroid dienone is 3. The van der Waals surface area contributed by atoms with Crippen LogP contribution in [0.5, 0.6) is 11.5 Å². The molecule has 1 aliphatic heterocycles. The maximum atomic E-state index is 13.9. The summed E-state index contributed by atoms with van der Waals surface area (Å²) in [6, 6.07) is 15.8. The van der Waals surface area contributed by atoms with Crippen molar-refractivity contribution in [1.29, 1.82) is 0 Å². The van der Waals surface area contributed by atoms with Gasteiger partial charge in [0.2, 0.25) is 0 Å². The van der Waals surface area contributed by atoms with Crippen molar-refractivity contribution in [1.82, 2.24) is 5.32 Å². The minimum Gasteiger partial charge on any atom is -0.493 e. The van der Waals surface area contributed by atoms with Gasteiger partial charge < -0.3 is 19.5 Å². The Bertz CT molecular complexity index is 1240. The summed E-state index contributed by atoms with van der Waals surface area (Å²) < 4.78 is 17.4. The van der Waals surface area contributed by atoms with Crippen LogP contribution in [0.2, 0.25) is 0 Å². The molecule has 0 unspecified atom stereocenters. The Balaban J connectivity index is 1.59. The molecule has 3 aliphatic rings. The quantitative estimate of drug-likeness (QED) is 0.494. The van der Waals surface area contributed by atoms with Crippen molar-refractivity contribution < 1.29 is 23.8 Å². The Morgan fingerprint density at radius 1 is 0.919 bits per heavy atom. The van der Waals surface area contributed by atoms with Gasteiger partial charge in [-0.05, 0) is 56.6 Å². The number of dihydropyridines is 1. The summed E-state index contributed by atoms with van der Waals surface area (Å²) in [4.78, 5) is 27.6. The van der Waals surface area contributed by atoms with Crippen LogP contribution in [-0.4, -0.2) is 32.1 Å². The molecule has 6 nitrogen and oxygen atoms in total. The lowest BCUT2D eigenvalue weighted by molar-refractivity contribution is -0.146. The Morgan fingerprint density at radius 3 is 2.38 bits per heavy atom. The number of ether oxygens (including phenoxy) is 3. The summed E-state index contributed by atoms with van der Waals surface area (Å²) in [7, 11) is 3.17. The highest BCUT2D eigenvalue weighted by Crippen LogP contribution is 2.49. The van der Waals surface area contributed by atoms with Crippen molar-refractivity contribution in [2.45, 2.75) is 69.8 Å². The Morgan fingerprint density at radius 2 is 1.68 bits per heavy atom. The molecule has 5 rings (SSSR count). The third-order valence-corrected chi connectivity index (χ3v) is 7.89. The maximum Gasteiger partial charge on any atom is 0.337 e. The molecule has 2 atom stereocenters. The van der Waals surface area contributed by atoms with Crippen molar-refractivity contribution in [3.05, 3.63) is 82.2 Å². The van der Waals surface area contributed by atoms with Gasteiger partial charge >= 0.3 is 5.97 Å². The van der Waals surface area contributed by atoms with E-state index in [1.165, 1.54) is 6.42 Å². The second kappa shape index (κ2) is 10.8. The summed E-state index contributed by atoms with van der Waals surface area (Å²) in [5.74, 6) is 0.239. The zero-order valence-electron chi connectivity index (χ0n) is 21.8. The fourth-order valence-electron chi connectivity index (χ4n) is 6.12. The summed E-state index contributed by atoms with van der Waals surface area (Å²) in [6.07, 6.45) is 6.05. The van der Waals surface area contributed by atoms with Crippen LogP contribution in [-0.2, 0) is 14.3 Å². The topological polar surface area (TPSA) is 73.9 Å². The molecule has 6 heteroatoms. The van der Waals surface area contributed by atoms with Crippen molar-refractivity contribution in [2.24, 2.45) is 0 Å². The molecule has 1 heterocycles. The highest BCUT2D eigenvalue weighted by Gasteiger charge is 2.43. The lowest BCUT2D eigenvalue weighted by Crippen LogP contribution is -2.37. The largest absolute Gasteiger partial charge is 0.493 e. The van der Waals surface area contributed by atoms with Crippen molar-refractivity contribution in [3.8, 4) is 11.5 Å². The van der Waals surface area contributed by atoms with Gasteiger partial charge in [-0.2, -0.15) is 0 Å². The lowest BCUT2D eigenvalue weighted by atomic mass is 9.71. The molecule has 0 bridgehead atoms. The number of para-hydroxylation sites is 1. The van der Waals surface area contributed by atoms with Crippen LogP contribution < -0.4 is 14.8 Å². The van der Waals surface area contributed by atoms with Crippen LogP contribution in [0.3, 0.4) is 0 Å². The number of ketones is 1. The van der Waals surface area contributed by atoms with Crippen LogP contribution in [0.15, 0.2) is 71.1 Å². The number of carbonyl (C=O) groups is 2. The molecule has 194 valence electrons. The smallest absolute Gasteiger partial charge is 0.337 e. The molecule has 1 saturated carbocycles. The molecule has 2 aromatic rings. The van der Waals surface area contributed by atoms with Gasteiger partial charge in [-0.3, -0.25) is 4.79 Å². The molecule has 2 aliphatic carbocycles. The second-order valence-corrected chi connectivity index (χ2v) is 10.2. The van der Waals surface area contributed by atoms with Gasteiger partial charge in [-0.15, -0.1) is 0 Å². The Labute approximate surface area is 218 Å². The molecule has 2 aromatic carbocycles. The van der Waals surface area contributed by atoms with E-state index >= 15 is 0 Å². The highest BCUT2D eigenvalue weighted by atomic mass is 16.5. The van der Waals surface area contributed by atoms with Crippen LogP contribution in [0, 0.1) is 0 Å². The average molecular weight is 502 g/mol. The van der Waals surface area contributed by atoms with Gasteiger partial charge in [-0.25, -0.2) is 4.79 Å². The van der Waals surface area contributed by atoms with Gasteiger partial charge in [0.05, 0.1) is 25.7 Å². The highest BCUT2D eigenvalue weighted by molar-refractivity contribution is 6.04. The van der Waals surface area contributed by atoms with Gasteiger partial charge in [0.25, 0.3) is 0 Å². The summed E-state index contributed by atoms with van der Waals surface area (Å²) in [5.41, 5.74) is 4.56. The summed E-state index contributed by atoms with van der Waals surface area (Å²) in [5, 5.41) is 3.45. The van der Waals surface area contributed by atoms with E-state index in [4.69, 9.17) is 14.2 Å². The van der Waals surface area contributed by atoms with E-state index in [1.54, 1.807) is 14.2 Å². The first-order valence-corrected chi connectivity index (χ1v) is 13.2. The van der Waals surface area contributed by atoms with Gasteiger partial charge in [-0.1, -0.05) is 48.9 Å². The lowest BCUT2D eigenvalue weighted by Gasteiger charge is -2.37. The van der Waals surface area contributed by atoms with E-state index in [1.807, 2.05) is 43.3 Å². The third kappa shape index (κ3) is 4.89. The molecule has 1 fully saturated rings. The van der Waals surface area contributed by atoms with Crippen LogP contribution >= 0.6 is 0 Å². The molecule has 0 aromatic heterocycles. The zero-order chi connectivity index (χ0) is 25.9. The molecular formula is C31H35NO5. The van der Waals surface area contributed by atoms with Crippen molar-refractivity contribution in [2.75, 3.05) is 14.2 Å². The van der Waals surface area contributed by atoms with Gasteiger partial charge in [0.1, 0.15) is 6.10 Å². The first-order chi connectivity index (χ1) is 18.0. The molecule has 37 heavy (non-hydrogen) atoms. The van der Waals surface area contributed by atoms with Crippen LogP contribution in [0.1, 0.15) is 74.8 Å². The predicted molar refractivity (Wildman–Crippen MR) is 142 cm³/mol. The fourth-order valence-corrected chi connectivity index (χ4v) is 6.12. The third-order valence-electron chi connectivity index (χ3n) is 7.89. The summed E-state index contributed by atoms with van der Waals surface area (Å²) >= 11 is 0. The number of hydrogen-bond donors (Lipinski definition) is 1. The second-order valence-electron chi connectivity index (χ2n) is 10.2. The number of hydrogen-bond acceptors (Lipinski definition) is 6. The molecule has 0 saturated heterocycles. The molecule has 0 amide bonds. The van der Waals surface area contributed by atoms with E-state index in [0.717, 1.165) is 48.2 Å². The van der Waals surface area contributed by atoms with Crippen molar-refractivity contribution >= 4 is 11.8 Å². The minimum absolute atomic E-state index is 0.0351. The predicted octanol–water partition coefficient (Wildman–Crippen LogP) is 5.94. The average Bonchev–Trinajstić information content (AvgIpc) is 2.92. The van der Waals surface area contributed by atoms with E-state index in [2.05, 4.69) is 17.4 Å². The van der Waals surface area contributed by atoms with Crippen LogP contribution in [0.25, 0.3) is 0 Å². The van der Waals surface area contributed by atoms with E-state index in [-0.39, 0.29) is 23.8 Å². The fraction of sp³-hybridized carbons (Fsp3) is 0.419. The first-order valence-electron chi connectivity index (χ1n) is 13.2. The van der Waals surface area contributed by atoms with E-state index in [9.17, 15) is 9.59 Å². The normalized spacial score (nSPS) is 22.3. The molecular weight excluding hydrogens is 466 g/mol. The number of benzene rings is 2. The van der Waals surface area contributed by atoms with Gasteiger partial charge in [0, 0.05) is 29.0 Å². The number of Topliss-reactive ketones (excluding diaryl/α,β-unsaturated/α-hetero) is 1. The SMILES string of the molecule is COc1cccc([C@@H]2C(C(=O)OC3CCCCC3)=C(C)NC3=C2C(=O)C[C@H](c2ccccc2)C3)c1OC. The van der Waals surface area contributed by atoms with Crippen molar-refractivity contribution in [3.63, 3.8) is 0 Å². The minimum atomic E-state index is -0.596. The number of esters is 1. The van der Waals surface area contributed by atoms with Gasteiger partial charge in [0.15, 0.2) is 17.3 Å². The molecule has 1 N–H and O–H groups in total. The Kier molecular flexibility index (Phi) is 7.36. The first kappa shape index (κ1) is 25.1. The molecule has 0 radical (unpaired) electrons. The standard InChI is InChI=1S/C31H35NO5/c1-19-27(31(34)37-22-13-8-5-9-14-22)28(23-15-10-16-26(35-2)30(23)36-3)29-24(32-19)17-21(18-25(29)33)20-11-6-4-7-12-20/h4,6-7,10-12,15-16,21-22,28,32H,5,8-9,13-14,17-18H2,1-3H3/t21-,28-/m1/s1. The zero-order valence-corrected chi connectivity index (χ0v) is 21.8. The van der Waals surface area contributed by atoms with E-state index < -0.39 is 5.92 Å². The number of methoxy groups -OCH3 is 2. The summed E-state index contributed by atoms with van der Waals surface area (Å²) in [6.45, 7) is 1.90. The maximum absolute atomic E-state index is 13.9. The number of nitrogens with one attached hydrogen (secondary N) is 1. The Hall–Kier alpha value is -3.54. The number of carbonyl (C=O) groups excluding carboxylic acids is 2.